The van der Waals surface area contributed by atoms with Gasteiger partial charge in [0.25, 0.3) is 0 Å². The molecule has 2 atom stereocenters. The Kier molecular flexibility index (Phi) is 2.30. The largest absolute Gasteiger partial charge is 0.416 e. The maximum Gasteiger partial charge on any atom is 0.416 e. The summed E-state index contributed by atoms with van der Waals surface area (Å²) in [7, 11) is 5.24. The Bertz CT molecular complexity index is 262. The molecule has 0 aromatic rings. The van der Waals surface area contributed by atoms with E-state index >= 15 is 0 Å². The van der Waals surface area contributed by atoms with E-state index in [4.69, 9.17) is 7.85 Å². The molecule has 0 spiro atoms. The lowest BCUT2D eigenvalue weighted by Gasteiger charge is -2.27. The van der Waals surface area contributed by atoms with Gasteiger partial charge in [0.05, 0.1) is 13.4 Å². The summed E-state index contributed by atoms with van der Waals surface area (Å²) in [5.74, 6) is -1.02. The summed E-state index contributed by atoms with van der Waals surface area (Å²) in [6.07, 6.45) is -2.18. The van der Waals surface area contributed by atoms with Gasteiger partial charge in [-0.1, -0.05) is 12.2 Å². The van der Waals surface area contributed by atoms with Gasteiger partial charge in [0, 0.05) is 0 Å². The van der Waals surface area contributed by atoms with Gasteiger partial charge < -0.3 is 0 Å². The molecule has 0 saturated carbocycles. The molecule has 0 amide bonds. The minimum absolute atomic E-state index is 0.512. The van der Waals surface area contributed by atoms with Gasteiger partial charge in [-0.2, -0.15) is 13.2 Å². The summed E-state index contributed by atoms with van der Waals surface area (Å²) in [6, 6.07) is 0. The van der Waals surface area contributed by atoms with Gasteiger partial charge in [-0.3, -0.25) is 0 Å². The summed E-state index contributed by atoms with van der Waals surface area (Å²) in [4.78, 5) is 0. The third kappa shape index (κ3) is 2.14. The van der Waals surface area contributed by atoms with Gasteiger partial charge in [0.2, 0.25) is 0 Å². The number of allylic oxidation sites excluding steroid dienone is 4. The van der Waals surface area contributed by atoms with Gasteiger partial charge in [0.15, 0.2) is 0 Å². The van der Waals surface area contributed by atoms with E-state index in [0.717, 1.165) is 19.1 Å². The van der Waals surface area contributed by atoms with Crippen LogP contribution in [0.1, 0.15) is 6.92 Å². The van der Waals surface area contributed by atoms with Gasteiger partial charge in [-0.15, -0.1) is 0 Å². The Hall–Kier alpha value is -0.735. The fraction of sp³-hybridized carbons (Fsp3) is 0.500. The summed E-state index contributed by atoms with van der Waals surface area (Å²) in [5, 5.41) is 0. The molecule has 0 saturated heterocycles. The lowest BCUT2D eigenvalue weighted by atomic mass is 9.72. The minimum Gasteiger partial charge on any atom is -0.240 e. The van der Waals surface area contributed by atoms with E-state index in [2.05, 4.69) is 0 Å². The zero-order chi connectivity index (χ0) is 10.3. The van der Waals surface area contributed by atoms with Crippen LogP contribution in [0.15, 0.2) is 23.8 Å². The molecule has 0 aliphatic heterocycles. The minimum atomic E-state index is -4.51. The molecule has 13 heavy (non-hydrogen) atoms. The second-order valence-electron chi connectivity index (χ2n) is 3.13. The highest BCUT2D eigenvalue weighted by molar-refractivity contribution is 6.14. The van der Waals surface area contributed by atoms with Crippen molar-refractivity contribution < 1.29 is 17.6 Å². The predicted molar refractivity (Wildman–Crippen MR) is 42.3 cm³/mol. The van der Waals surface area contributed by atoms with Crippen molar-refractivity contribution in [3.63, 3.8) is 0 Å². The van der Waals surface area contributed by atoms with Crippen LogP contribution in [0.5, 0.6) is 0 Å². The number of alkyl halides is 4. The van der Waals surface area contributed by atoms with E-state index in [0.29, 0.717) is 6.08 Å². The SMILES string of the molecule is [B]C1C=CC(C(F)(F)F)=CC1(C)F. The Morgan fingerprint density at radius 3 is 2.38 bits per heavy atom. The molecule has 0 bridgehead atoms. The van der Waals surface area contributed by atoms with Crippen LogP contribution in [0.3, 0.4) is 0 Å². The van der Waals surface area contributed by atoms with Crippen LogP contribution in [0.25, 0.3) is 0 Å². The van der Waals surface area contributed by atoms with E-state index < -0.39 is 23.2 Å². The number of rotatable bonds is 0. The average Bonchev–Trinajstić information content (AvgIpc) is 1.92. The van der Waals surface area contributed by atoms with Crippen LogP contribution in [0.4, 0.5) is 17.6 Å². The van der Waals surface area contributed by atoms with E-state index in [1.165, 1.54) is 0 Å². The maximum absolute atomic E-state index is 13.3. The molecule has 1 aliphatic rings. The van der Waals surface area contributed by atoms with Crippen molar-refractivity contribution in [2.24, 2.45) is 0 Å². The molecule has 0 fully saturated rings. The second kappa shape index (κ2) is 2.89. The highest BCUT2D eigenvalue weighted by atomic mass is 19.4. The molecular weight excluding hydrogens is 183 g/mol. The number of halogens is 4. The standard InChI is InChI=1S/C8H7BF4/c1-7(10)4-5(8(11,12)13)2-3-6(7)9/h2-4,6H,1H3. The van der Waals surface area contributed by atoms with Crippen molar-refractivity contribution >= 4 is 7.85 Å². The van der Waals surface area contributed by atoms with Crippen LogP contribution < -0.4 is 0 Å². The van der Waals surface area contributed by atoms with Crippen molar-refractivity contribution in [1.29, 1.82) is 0 Å². The third-order valence-corrected chi connectivity index (χ3v) is 1.90. The van der Waals surface area contributed by atoms with Crippen LogP contribution in [-0.2, 0) is 0 Å². The van der Waals surface area contributed by atoms with Crippen molar-refractivity contribution in [3.8, 4) is 0 Å². The van der Waals surface area contributed by atoms with Crippen molar-refractivity contribution in [2.45, 2.75) is 24.6 Å². The molecule has 0 aromatic heterocycles. The van der Waals surface area contributed by atoms with Crippen LogP contribution in [0, 0.1) is 0 Å². The van der Waals surface area contributed by atoms with E-state index in [1.807, 2.05) is 0 Å². The van der Waals surface area contributed by atoms with Crippen LogP contribution in [0.2, 0.25) is 5.82 Å². The van der Waals surface area contributed by atoms with E-state index in [9.17, 15) is 17.6 Å². The Morgan fingerprint density at radius 1 is 1.46 bits per heavy atom. The van der Waals surface area contributed by atoms with Crippen LogP contribution in [-0.4, -0.2) is 19.7 Å². The predicted octanol–water partition coefficient (Wildman–Crippen LogP) is 2.73. The molecule has 0 N–H and O–H groups in total. The Labute approximate surface area is 74.7 Å². The molecule has 0 nitrogen and oxygen atoms in total. The zero-order valence-electron chi connectivity index (χ0n) is 6.90. The summed E-state index contributed by atoms with van der Waals surface area (Å²) >= 11 is 0. The molecule has 2 unspecified atom stereocenters. The van der Waals surface area contributed by atoms with Gasteiger partial charge in [-0.05, 0) is 18.8 Å². The fourth-order valence-corrected chi connectivity index (χ4v) is 1.02. The molecule has 1 rings (SSSR count). The van der Waals surface area contributed by atoms with E-state index in [-0.39, 0.29) is 0 Å². The maximum atomic E-state index is 13.3. The third-order valence-electron chi connectivity index (χ3n) is 1.90. The normalized spacial score (nSPS) is 34.5. The zero-order valence-corrected chi connectivity index (χ0v) is 6.90. The lowest BCUT2D eigenvalue weighted by molar-refractivity contribution is -0.0895. The van der Waals surface area contributed by atoms with E-state index in [1.54, 1.807) is 0 Å². The van der Waals surface area contributed by atoms with Gasteiger partial charge >= 0.3 is 6.18 Å². The Morgan fingerprint density at radius 2 is 2.00 bits per heavy atom. The molecule has 1 aliphatic carbocycles. The smallest absolute Gasteiger partial charge is 0.240 e. The van der Waals surface area contributed by atoms with Crippen molar-refractivity contribution in [3.05, 3.63) is 23.8 Å². The summed E-state index contributed by atoms with van der Waals surface area (Å²) in [5.41, 5.74) is -3.11. The number of hydrogen-bond acceptors (Lipinski definition) is 0. The highest BCUT2D eigenvalue weighted by Gasteiger charge is 2.38. The number of hydrogen-bond donors (Lipinski definition) is 0. The summed E-state index contributed by atoms with van der Waals surface area (Å²) < 4.78 is 49.5. The lowest BCUT2D eigenvalue weighted by Crippen LogP contribution is -2.27. The van der Waals surface area contributed by atoms with Crippen molar-refractivity contribution in [2.75, 3.05) is 0 Å². The molecule has 70 valence electrons. The molecule has 2 radical (unpaired) electrons. The molecule has 0 aromatic carbocycles. The topological polar surface area (TPSA) is 0 Å². The second-order valence-corrected chi connectivity index (χ2v) is 3.13. The molecule has 0 heterocycles. The quantitative estimate of drug-likeness (QED) is 0.406. The Balaban J connectivity index is 2.99. The molecular formula is C8H7BF4. The first kappa shape index (κ1) is 10.3. The van der Waals surface area contributed by atoms with Gasteiger partial charge in [-0.25, -0.2) is 4.39 Å². The fourth-order valence-electron chi connectivity index (χ4n) is 1.02. The first-order valence-corrected chi connectivity index (χ1v) is 3.66. The van der Waals surface area contributed by atoms with Gasteiger partial charge in [0.1, 0.15) is 5.67 Å². The molecule has 5 heteroatoms. The highest BCUT2D eigenvalue weighted by Crippen LogP contribution is 2.38. The first-order chi connectivity index (χ1) is 5.73. The first-order valence-electron chi connectivity index (χ1n) is 3.66. The monoisotopic (exact) mass is 190 g/mol. The summed E-state index contributed by atoms with van der Waals surface area (Å²) in [6.45, 7) is 1.02. The average molecular weight is 190 g/mol. The van der Waals surface area contributed by atoms with Crippen LogP contribution >= 0.6 is 0 Å². The van der Waals surface area contributed by atoms with Crippen molar-refractivity contribution in [1.82, 2.24) is 0 Å².